The van der Waals surface area contributed by atoms with E-state index < -0.39 is 16.1 Å². The van der Waals surface area contributed by atoms with Crippen LogP contribution in [-0.2, 0) is 14.8 Å². The summed E-state index contributed by atoms with van der Waals surface area (Å²) in [7, 11) is -3.71. The van der Waals surface area contributed by atoms with Crippen molar-refractivity contribution in [1.82, 2.24) is 0 Å². The van der Waals surface area contributed by atoms with Crippen molar-refractivity contribution in [3.63, 3.8) is 0 Å². The van der Waals surface area contributed by atoms with Gasteiger partial charge in [-0.05, 0) is 23.8 Å². The number of ether oxygens (including phenoxy) is 1. The van der Waals surface area contributed by atoms with Crippen LogP contribution in [0, 0.1) is 0 Å². The molecule has 24 heavy (non-hydrogen) atoms. The van der Waals surface area contributed by atoms with E-state index in [0.717, 1.165) is 11.0 Å². The Bertz CT molecular complexity index is 863. The van der Waals surface area contributed by atoms with Crippen LogP contribution in [0.15, 0.2) is 60.0 Å². The highest BCUT2D eigenvalue weighted by atomic mass is 32.2. The summed E-state index contributed by atoms with van der Waals surface area (Å²) in [5.41, 5.74) is 1.57. The molecule has 0 unspecified atom stereocenters. The van der Waals surface area contributed by atoms with Gasteiger partial charge in [0.1, 0.15) is 6.61 Å². The minimum absolute atomic E-state index is 0.286. The van der Waals surface area contributed by atoms with Crippen molar-refractivity contribution in [1.29, 1.82) is 0 Å². The van der Waals surface area contributed by atoms with E-state index in [1.54, 1.807) is 36.4 Å². The molecule has 0 aliphatic carbocycles. The van der Waals surface area contributed by atoms with Crippen molar-refractivity contribution in [3.05, 3.63) is 65.6 Å². The molecule has 3 rings (SSSR count). The zero-order valence-electron chi connectivity index (χ0n) is 12.8. The van der Waals surface area contributed by atoms with Crippen LogP contribution in [0.3, 0.4) is 0 Å². The Morgan fingerprint density at radius 2 is 1.75 bits per heavy atom. The summed E-state index contributed by atoms with van der Waals surface area (Å²) < 4.78 is 32.0. The Labute approximate surface area is 140 Å². The van der Waals surface area contributed by atoms with E-state index in [0.29, 0.717) is 17.9 Å². The van der Waals surface area contributed by atoms with E-state index in [9.17, 15) is 13.2 Å². The molecule has 1 aliphatic heterocycles. The Morgan fingerprint density at radius 3 is 2.46 bits per heavy atom. The second kappa shape index (κ2) is 6.76. The highest BCUT2D eigenvalue weighted by molar-refractivity contribution is 7.95. The van der Waals surface area contributed by atoms with Gasteiger partial charge in [0.05, 0.1) is 23.3 Å². The van der Waals surface area contributed by atoms with Crippen LogP contribution in [0.2, 0.25) is 0 Å². The first kappa shape index (κ1) is 16.1. The fourth-order valence-electron chi connectivity index (χ4n) is 2.33. The molecule has 0 spiro atoms. The Hall–Kier alpha value is -2.80. The molecule has 2 aromatic carbocycles. The standard InChI is InChI=1S/C17H16N2O4S/c20-17-19(11-12-23-17)16-9-5-4-8-15(16)18-24(21,22)13-10-14-6-2-1-3-7-14/h1-10,13,18H,11-12H2. The molecule has 1 saturated heterocycles. The SMILES string of the molecule is O=C1OCCN1c1ccccc1NS(=O)(=O)C=Cc1ccccc1. The number of amides is 1. The Morgan fingerprint density at radius 1 is 1.04 bits per heavy atom. The van der Waals surface area contributed by atoms with E-state index in [1.807, 2.05) is 18.2 Å². The van der Waals surface area contributed by atoms with Crippen molar-refractivity contribution in [3.8, 4) is 0 Å². The highest BCUT2D eigenvalue weighted by Crippen LogP contribution is 2.28. The molecule has 1 heterocycles. The summed E-state index contributed by atoms with van der Waals surface area (Å²) in [6, 6.07) is 15.8. The number of hydrogen-bond acceptors (Lipinski definition) is 4. The topological polar surface area (TPSA) is 75.7 Å². The number of rotatable bonds is 5. The lowest BCUT2D eigenvalue weighted by Gasteiger charge is -2.17. The zero-order chi connectivity index (χ0) is 17.0. The lowest BCUT2D eigenvalue weighted by molar-refractivity contribution is 0.181. The third-order valence-corrected chi connectivity index (χ3v) is 4.45. The van der Waals surface area contributed by atoms with E-state index in [2.05, 4.69) is 4.72 Å². The van der Waals surface area contributed by atoms with Gasteiger partial charge >= 0.3 is 6.09 Å². The minimum atomic E-state index is -3.71. The average Bonchev–Trinajstić information content (AvgIpc) is 3.00. The van der Waals surface area contributed by atoms with Gasteiger partial charge in [-0.15, -0.1) is 0 Å². The number of nitrogens with one attached hydrogen (secondary N) is 1. The number of benzene rings is 2. The molecule has 6 nitrogen and oxygen atoms in total. The third-order valence-electron chi connectivity index (χ3n) is 3.45. The van der Waals surface area contributed by atoms with E-state index >= 15 is 0 Å². The number of carbonyl (C=O) groups excluding carboxylic acids is 1. The average molecular weight is 344 g/mol. The molecule has 124 valence electrons. The minimum Gasteiger partial charge on any atom is -0.447 e. The molecule has 0 atom stereocenters. The number of nitrogens with zero attached hydrogens (tertiary/aromatic N) is 1. The maximum absolute atomic E-state index is 12.3. The van der Waals surface area contributed by atoms with Crippen LogP contribution in [0.4, 0.5) is 16.2 Å². The normalized spacial score (nSPS) is 14.8. The fourth-order valence-corrected chi connectivity index (χ4v) is 3.21. The van der Waals surface area contributed by atoms with Gasteiger partial charge in [-0.1, -0.05) is 42.5 Å². The first-order valence-electron chi connectivity index (χ1n) is 7.34. The smallest absolute Gasteiger partial charge is 0.414 e. The number of cyclic esters (lactones) is 1. The van der Waals surface area contributed by atoms with Crippen LogP contribution in [0.5, 0.6) is 0 Å². The third kappa shape index (κ3) is 3.75. The molecular weight excluding hydrogens is 328 g/mol. The number of anilines is 2. The van der Waals surface area contributed by atoms with Crippen molar-refractivity contribution in [2.24, 2.45) is 0 Å². The molecule has 0 saturated carbocycles. The maximum atomic E-state index is 12.3. The van der Waals surface area contributed by atoms with Crippen molar-refractivity contribution in [2.75, 3.05) is 22.8 Å². The highest BCUT2D eigenvalue weighted by Gasteiger charge is 2.26. The van der Waals surface area contributed by atoms with Gasteiger partial charge in [0, 0.05) is 0 Å². The quantitative estimate of drug-likeness (QED) is 0.904. The van der Waals surface area contributed by atoms with Crippen molar-refractivity contribution >= 4 is 33.6 Å². The molecule has 0 radical (unpaired) electrons. The molecule has 1 aliphatic rings. The lowest BCUT2D eigenvalue weighted by atomic mass is 10.2. The number of para-hydroxylation sites is 2. The molecule has 1 N–H and O–H groups in total. The number of sulfonamides is 1. The second-order valence-corrected chi connectivity index (χ2v) is 6.71. The molecule has 0 aromatic heterocycles. The predicted octanol–water partition coefficient (Wildman–Crippen LogP) is 3.06. The number of carbonyl (C=O) groups is 1. The molecule has 1 fully saturated rings. The largest absolute Gasteiger partial charge is 0.447 e. The Kier molecular flexibility index (Phi) is 4.52. The van der Waals surface area contributed by atoms with Gasteiger partial charge in [-0.3, -0.25) is 9.62 Å². The van der Waals surface area contributed by atoms with E-state index in [-0.39, 0.29) is 6.61 Å². The summed E-state index contributed by atoms with van der Waals surface area (Å²) in [5.74, 6) is 0. The Balaban J connectivity index is 1.83. The van der Waals surface area contributed by atoms with Gasteiger partial charge < -0.3 is 4.74 Å². The van der Waals surface area contributed by atoms with Gasteiger partial charge in [0.15, 0.2) is 0 Å². The lowest BCUT2D eigenvalue weighted by Crippen LogP contribution is -2.25. The van der Waals surface area contributed by atoms with Crippen LogP contribution in [0.25, 0.3) is 6.08 Å². The van der Waals surface area contributed by atoms with Crippen LogP contribution in [0.1, 0.15) is 5.56 Å². The molecule has 2 aromatic rings. The molecule has 1 amide bonds. The van der Waals surface area contributed by atoms with Gasteiger partial charge in [-0.2, -0.15) is 0 Å². The van der Waals surface area contributed by atoms with Gasteiger partial charge in [0.2, 0.25) is 0 Å². The van der Waals surface area contributed by atoms with Crippen molar-refractivity contribution < 1.29 is 17.9 Å². The second-order valence-electron chi connectivity index (χ2n) is 5.14. The maximum Gasteiger partial charge on any atom is 0.414 e. The van der Waals surface area contributed by atoms with E-state index in [4.69, 9.17) is 4.74 Å². The summed E-state index contributed by atoms with van der Waals surface area (Å²) in [6.07, 6.45) is 1.02. The van der Waals surface area contributed by atoms with E-state index in [1.165, 1.54) is 11.0 Å². The molecule has 0 bridgehead atoms. The zero-order valence-corrected chi connectivity index (χ0v) is 13.6. The van der Waals surface area contributed by atoms with Gasteiger partial charge in [-0.25, -0.2) is 13.2 Å². The van der Waals surface area contributed by atoms with Gasteiger partial charge in [0.25, 0.3) is 10.0 Å². The fraction of sp³-hybridized carbons (Fsp3) is 0.118. The summed E-state index contributed by atoms with van der Waals surface area (Å²) in [6.45, 7) is 0.672. The first-order valence-corrected chi connectivity index (χ1v) is 8.89. The van der Waals surface area contributed by atoms with Crippen LogP contribution >= 0.6 is 0 Å². The summed E-state index contributed by atoms with van der Waals surface area (Å²) in [4.78, 5) is 13.1. The molecule has 7 heteroatoms. The summed E-state index contributed by atoms with van der Waals surface area (Å²) in [5, 5.41) is 1.10. The number of hydrogen-bond donors (Lipinski definition) is 1. The predicted molar refractivity (Wildman–Crippen MR) is 93.2 cm³/mol. The van der Waals surface area contributed by atoms with Crippen LogP contribution < -0.4 is 9.62 Å². The van der Waals surface area contributed by atoms with Crippen molar-refractivity contribution in [2.45, 2.75) is 0 Å². The van der Waals surface area contributed by atoms with Crippen LogP contribution in [-0.4, -0.2) is 27.7 Å². The molecular formula is C17H16N2O4S. The first-order chi connectivity index (χ1) is 11.6. The monoisotopic (exact) mass is 344 g/mol. The summed E-state index contributed by atoms with van der Waals surface area (Å²) >= 11 is 0.